The van der Waals surface area contributed by atoms with Gasteiger partial charge in [-0.2, -0.15) is 8.42 Å². The summed E-state index contributed by atoms with van der Waals surface area (Å²) in [5.74, 6) is -0.724. The van der Waals surface area contributed by atoms with Crippen LogP contribution in [-0.4, -0.2) is 71.1 Å². The van der Waals surface area contributed by atoms with E-state index in [1.807, 2.05) is 55.5 Å². The lowest BCUT2D eigenvalue weighted by Crippen LogP contribution is -2.64. The van der Waals surface area contributed by atoms with Gasteiger partial charge in [-0.25, -0.2) is 0 Å². The molecule has 1 aliphatic heterocycles. The van der Waals surface area contributed by atoms with Gasteiger partial charge in [-0.1, -0.05) is 80.9 Å². The molecule has 1 aliphatic carbocycles. The number of thioether (sulfide) groups is 1. The monoisotopic (exact) mass is 726 g/mol. The molecular formula is C37H46O9S2Si. The lowest BCUT2D eigenvalue weighted by atomic mass is 9.88. The highest BCUT2D eigenvalue weighted by Crippen LogP contribution is 2.44. The van der Waals surface area contributed by atoms with E-state index in [1.165, 1.54) is 30.8 Å². The first-order valence-corrected chi connectivity index (χ1v) is 21.7. The zero-order chi connectivity index (χ0) is 35.6. The molecule has 0 radical (unpaired) electrons. The van der Waals surface area contributed by atoms with Crippen LogP contribution in [0.15, 0.2) is 88.7 Å². The van der Waals surface area contributed by atoms with E-state index in [-0.39, 0.29) is 15.7 Å². The summed E-state index contributed by atoms with van der Waals surface area (Å²) in [5.41, 5.74) is 2.48. The minimum Gasteiger partial charge on any atom is -0.457 e. The first kappa shape index (κ1) is 37.4. The smallest absolute Gasteiger partial charge is 0.303 e. The zero-order valence-electron chi connectivity index (χ0n) is 29.1. The summed E-state index contributed by atoms with van der Waals surface area (Å²) in [4.78, 5) is 27.3. The average Bonchev–Trinajstić information content (AvgIpc) is 3.04. The van der Waals surface area contributed by atoms with Gasteiger partial charge in [-0.3, -0.25) is 13.8 Å². The standard InChI is InChI=1S/C37H46O9S2Si/c1-24-17-20-28(21-18-24)48(40,41)42-23-31-33(43-25(2)38)34(46-49(6,7)37(3,4)5)35(47-27-14-9-8-10-15-27)36(45-31)44-30-22-19-26-13-11-12-16-29(26)32(30)39/h8-18,20-21,30-31,33-36H,19,22-23H2,1-7H3/t30?,31-,33-,34+,35-,36-/m1/s1. The van der Waals surface area contributed by atoms with Crippen LogP contribution in [-0.2, 0) is 44.2 Å². The van der Waals surface area contributed by atoms with Gasteiger partial charge < -0.3 is 18.6 Å². The Morgan fingerprint density at radius 1 is 0.959 bits per heavy atom. The number of carbonyl (C=O) groups is 2. The molecule has 2 aliphatic rings. The second-order valence-electron chi connectivity index (χ2n) is 14.1. The Labute approximate surface area is 295 Å². The predicted octanol–water partition coefficient (Wildman–Crippen LogP) is 7.12. The van der Waals surface area contributed by atoms with Crippen LogP contribution in [0.5, 0.6) is 0 Å². The van der Waals surface area contributed by atoms with E-state index in [0.717, 1.165) is 16.0 Å². The van der Waals surface area contributed by atoms with Gasteiger partial charge in [-0.15, -0.1) is 11.8 Å². The second-order valence-corrected chi connectivity index (χ2v) is 21.7. The van der Waals surface area contributed by atoms with Gasteiger partial charge >= 0.3 is 5.97 Å². The van der Waals surface area contributed by atoms with Crippen LogP contribution < -0.4 is 0 Å². The topological polar surface area (TPSA) is 114 Å². The van der Waals surface area contributed by atoms with Gasteiger partial charge in [0, 0.05) is 17.4 Å². The van der Waals surface area contributed by atoms with Crippen LogP contribution in [0.25, 0.3) is 0 Å². The number of fused-ring (bicyclic) bond motifs is 1. The van der Waals surface area contributed by atoms with Crippen molar-refractivity contribution in [2.75, 3.05) is 6.61 Å². The number of esters is 1. The van der Waals surface area contributed by atoms with E-state index < -0.39 is 67.0 Å². The van der Waals surface area contributed by atoms with Gasteiger partial charge in [0.05, 0.1) is 16.8 Å². The number of hydrogen-bond acceptors (Lipinski definition) is 10. The maximum Gasteiger partial charge on any atom is 0.303 e. The fourth-order valence-corrected chi connectivity index (χ4v) is 9.22. The molecule has 49 heavy (non-hydrogen) atoms. The molecule has 0 N–H and O–H groups in total. The molecule has 0 spiro atoms. The first-order valence-electron chi connectivity index (χ1n) is 16.5. The number of carbonyl (C=O) groups excluding carboxylic acids is 2. The van der Waals surface area contributed by atoms with Crippen LogP contribution in [0.2, 0.25) is 18.1 Å². The molecule has 0 bridgehead atoms. The van der Waals surface area contributed by atoms with Crippen molar-refractivity contribution in [3.63, 3.8) is 0 Å². The largest absolute Gasteiger partial charge is 0.457 e. The molecule has 0 saturated carbocycles. The molecule has 9 nitrogen and oxygen atoms in total. The van der Waals surface area contributed by atoms with Crippen molar-refractivity contribution < 1.29 is 40.8 Å². The quantitative estimate of drug-likeness (QED) is 0.115. The predicted molar refractivity (Wildman–Crippen MR) is 191 cm³/mol. The summed E-state index contributed by atoms with van der Waals surface area (Å²) in [7, 11) is -6.78. The molecule has 1 saturated heterocycles. The van der Waals surface area contributed by atoms with Crippen molar-refractivity contribution in [2.24, 2.45) is 0 Å². The lowest BCUT2D eigenvalue weighted by molar-refractivity contribution is -0.261. The average molecular weight is 727 g/mol. The third-order valence-electron chi connectivity index (χ3n) is 9.39. The minimum absolute atomic E-state index is 0.0104. The third-order valence-corrected chi connectivity index (χ3v) is 16.5. The molecule has 1 fully saturated rings. The Hall–Kier alpha value is -2.84. The van der Waals surface area contributed by atoms with Gasteiger partial charge in [-0.05, 0) is 67.7 Å². The molecule has 1 unspecified atom stereocenters. The van der Waals surface area contributed by atoms with Crippen LogP contribution in [0, 0.1) is 6.92 Å². The molecule has 264 valence electrons. The van der Waals surface area contributed by atoms with Crippen molar-refractivity contribution in [3.05, 3.63) is 95.6 Å². The van der Waals surface area contributed by atoms with Gasteiger partial charge in [0.2, 0.25) is 0 Å². The SMILES string of the molecule is CC(=O)O[C@H]1[C@H](O[Si](C)(C)C(C)(C)C)[C@@H](Sc2ccccc2)[C@H](OC2CCc3ccccc3C2=O)O[C@@H]1COS(=O)(=O)c1ccc(C)cc1. The fraction of sp³-hybridized carbons (Fsp3) is 0.459. The van der Waals surface area contributed by atoms with Crippen LogP contribution in [0.3, 0.4) is 0 Å². The molecule has 0 amide bonds. The van der Waals surface area contributed by atoms with Crippen molar-refractivity contribution in [1.29, 1.82) is 0 Å². The summed E-state index contributed by atoms with van der Waals surface area (Å²) in [6.07, 6.45) is -3.74. The normalized spacial score (nSPS) is 24.7. The van der Waals surface area contributed by atoms with Gasteiger partial charge in [0.25, 0.3) is 10.1 Å². The Balaban J connectivity index is 1.55. The molecular weight excluding hydrogens is 681 g/mol. The summed E-state index contributed by atoms with van der Waals surface area (Å²) in [6.45, 7) is 13.2. The molecule has 0 aromatic heterocycles. The number of hydrogen-bond donors (Lipinski definition) is 0. The van der Waals surface area contributed by atoms with E-state index in [1.54, 1.807) is 18.2 Å². The summed E-state index contributed by atoms with van der Waals surface area (Å²) < 4.78 is 58.5. The van der Waals surface area contributed by atoms with Gasteiger partial charge in [0.15, 0.2) is 26.5 Å². The maximum atomic E-state index is 13.7. The molecule has 1 heterocycles. The summed E-state index contributed by atoms with van der Waals surface area (Å²) >= 11 is 1.45. The van der Waals surface area contributed by atoms with Gasteiger partial charge in [0.1, 0.15) is 18.3 Å². The van der Waals surface area contributed by atoms with Crippen LogP contribution in [0.4, 0.5) is 0 Å². The lowest BCUT2D eigenvalue weighted by Gasteiger charge is -2.50. The summed E-state index contributed by atoms with van der Waals surface area (Å²) in [5, 5.41) is -0.843. The minimum atomic E-state index is -4.21. The first-order chi connectivity index (χ1) is 23.1. The molecule has 3 aromatic rings. The number of ether oxygens (including phenoxy) is 3. The van der Waals surface area contributed by atoms with E-state index in [2.05, 4.69) is 33.9 Å². The van der Waals surface area contributed by atoms with Crippen molar-refractivity contribution in [1.82, 2.24) is 0 Å². The second kappa shape index (κ2) is 15.2. The Kier molecular flexibility index (Phi) is 11.6. The van der Waals surface area contributed by atoms with Crippen LogP contribution in [0.1, 0.15) is 55.6 Å². The fourth-order valence-electron chi connectivity index (χ4n) is 5.68. The van der Waals surface area contributed by atoms with Crippen molar-refractivity contribution in [2.45, 2.75) is 111 Å². The Morgan fingerprint density at radius 2 is 1.61 bits per heavy atom. The third kappa shape index (κ3) is 8.91. The van der Waals surface area contributed by atoms with E-state index in [4.69, 9.17) is 22.8 Å². The zero-order valence-corrected chi connectivity index (χ0v) is 31.7. The molecule has 5 rings (SSSR count). The molecule has 3 aromatic carbocycles. The highest BCUT2D eigenvalue weighted by molar-refractivity contribution is 8.00. The van der Waals surface area contributed by atoms with E-state index in [9.17, 15) is 18.0 Å². The van der Waals surface area contributed by atoms with Crippen molar-refractivity contribution in [3.8, 4) is 0 Å². The van der Waals surface area contributed by atoms with Crippen molar-refractivity contribution >= 4 is 41.9 Å². The molecule has 12 heteroatoms. The number of benzene rings is 3. The number of Topliss-reactive ketones (excluding diaryl/α,β-unsaturated/α-hetero) is 1. The number of rotatable bonds is 11. The van der Waals surface area contributed by atoms with E-state index >= 15 is 0 Å². The highest BCUT2D eigenvalue weighted by atomic mass is 32.2. The van der Waals surface area contributed by atoms with Crippen LogP contribution >= 0.6 is 11.8 Å². The summed E-state index contributed by atoms with van der Waals surface area (Å²) in [6, 6.07) is 23.5. The maximum absolute atomic E-state index is 13.7. The molecule has 6 atom stereocenters. The Morgan fingerprint density at radius 3 is 2.27 bits per heavy atom. The Bertz CT molecular complexity index is 1720. The van der Waals surface area contributed by atoms with E-state index in [0.29, 0.717) is 18.4 Å². The number of ketones is 1. The highest BCUT2D eigenvalue weighted by Gasteiger charge is 2.54. The number of aryl methyl sites for hydroxylation is 2.